The second kappa shape index (κ2) is 4.47. The van der Waals surface area contributed by atoms with E-state index in [9.17, 15) is 4.79 Å². The summed E-state index contributed by atoms with van der Waals surface area (Å²) in [4.78, 5) is 10.8. The highest BCUT2D eigenvalue weighted by Crippen LogP contribution is 2.25. The van der Waals surface area contributed by atoms with Gasteiger partial charge in [-0.15, -0.1) is 0 Å². The summed E-state index contributed by atoms with van der Waals surface area (Å²) in [5.41, 5.74) is -0.155. The zero-order valence-corrected chi connectivity index (χ0v) is 8.99. The Bertz CT molecular complexity index is 354. The zero-order valence-electron chi connectivity index (χ0n) is 8.99. The number of hydrogen-bond donors (Lipinski definition) is 2. The van der Waals surface area contributed by atoms with Crippen molar-refractivity contribution in [1.29, 1.82) is 0 Å². The van der Waals surface area contributed by atoms with Gasteiger partial charge < -0.3 is 5.32 Å². The number of rotatable bonds is 2. The highest BCUT2D eigenvalue weighted by Gasteiger charge is 2.21. The van der Waals surface area contributed by atoms with E-state index in [4.69, 9.17) is 0 Å². The van der Waals surface area contributed by atoms with Gasteiger partial charge in [-0.1, -0.05) is 19.8 Å². The largest absolute Gasteiger partial charge is 0.366 e. The molecule has 0 amide bonds. The lowest BCUT2D eigenvalue weighted by Crippen LogP contribution is -2.31. The van der Waals surface area contributed by atoms with Gasteiger partial charge in [0.25, 0.3) is 5.56 Å². The molecule has 2 rings (SSSR count). The number of hydrogen-bond acceptors (Lipinski definition) is 3. The third kappa shape index (κ3) is 2.58. The SMILES string of the molecule is CC1CCCCC1Nc1ccc(=O)[nH]n1. The normalized spacial score (nSPS) is 26.2. The number of aromatic amines is 1. The zero-order chi connectivity index (χ0) is 10.7. The molecule has 0 radical (unpaired) electrons. The molecule has 1 heterocycles. The summed E-state index contributed by atoms with van der Waals surface area (Å²) in [5.74, 6) is 1.46. The molecule has 0 spiro atoms. The molecule has 1 saturated carbocycles. The number of nitrogens with zero attached hydrogens (tertiary/aromatic N) is 1. The molecular weight excluding hydrogens is 190 g/mol. The smallest absolute Gasteiger partial charge is 0.264 e. The summed E-state index contributed by atoms with van der Waals surface area (Å²) in [6.45, 7) is 2.27. The van der Waals surface area contributed by atoms with Gasteiger partial charge in [-0.25, -0.2) is 5.10 Å². The Kier molecular flexibility index (Phi) is 3.04. The highest BCUT2D eigenvalue weighted by molar-refractivity contribution is 5.33. The average molecular weight is 207 g/mol. The van der Waals surface area contributed by atoms with Gasteiger partial charge in [0.15, 0.2) is 0 Å². The predicted molar refractivity (Wildman–Crippen MR) is 59.9 cm³/mol. The van der Waals surface area contributed by atoms with Crippen LogP contribution in [0.25, 0.3) is 0 Å². The molecule has 4 nitrogen and oxygen atoms in total. The van der Waals surface area contributed by atoms with Crippen LogP contribution in [0.4, 0.5) is 5.82 Å². The molecular formula is C11H17N3O. The Labute approximate surface area is 89.1 Å². The van der Waals surface area contributed by atoms with Crippen LogP contribution in [0.15, 0.2) is 16.9 Å². The van der Waals surface area contributed by atoms with Crippen molar-refractivity contribution in [3.8, 4) is 0 Å². The maximum atomic E-state index is 10.8. The third-order valence-corrected chi connectivity index (χ3v) is 3.12. The van der Waals surface area contributed by atoms with E-state index < -0.39 is 0 Å². The molecule has 82 valence electrons. The van der Waals surface area contributed by atoms with Crippen LogP contribution in [-0.4, -0.2) is 16.2 Å². The van der Waals surface area contributed by atoms with E-state index in [1.54, 1.807) is 6.07 Å². The minimum atomic E-state index is -0.155. The van der Waals surface area contributed by atoms with Crippen molar-refractivity contribution in [3.05, 3.63) is 22.5 Å². The molecule has 1 aliphatic rings. The second-order valence-electron chi connectivity index (χ2n) is 4.32. The first-order valence-corrected chi connectivity index (χ1v) is 5.58. The van der Waals surface area contributed by atoms with Gasteiger partial charge in [0.05, 0.1) is 0 Å². The summed E-state index contributed by atoms with van der Waals surface area (Å²) < 4.78 is 0. The summed E-state index contributed by atoms with van der Waals surface area (Å²) in [6, 6.07) is 3.74. The molecule has 2 unspecified atom stereocenters. The van der Waals surface area contributed by atoms with Crippen LogP contribution in [0.5, 0.6) is 0 Å². The fraction of sp³-hybridized carbons (Fsp3) is 0.636. The summed E-state index contributed by atoms with van der Waals surface area (Å²) in [6.07, 6.45) is 5.09. The number of anilines is 1. The van der Waals surface area contributed by atoms with Crippen molar-refractivity contribution in [2.45, 2.75) is 38.6 Å². The van der Waals surface area contributed by atoms with Crippen LogP contribution >= 0.6 is 0 Å². The minimum Gasteiger partial charge on any atom is -0.366 e. The van der Waals surface area contributed by atoms with Gasteiger partial charge in [0, 0.05) is 12.1 Å². The van der Waals surface area contributed by atoms with Crippen LogP contribution in [0, 0.1) is 5.92 Å². The number of nitrogens with one attached hydrogen (secondary N) is 2. The van der Waals surface area contributed by atoms with Crippen molar-refractivity contribution in [2.75, 3.05) is 5.32 Å². The van der Waals surface area contributed by atoms with Crippen molar-refractivity contribution >= 4 is 5.82 Å². The predicted octanol–water partition coefficient (Wildman–Crippen LogP) is 1.76. The van der Waals surface area contributed by atoms with Crippen LogP contribution in [0.3, 0.4) is 0 Å². The molecule has 0 bridgehead atoms. The maximum Gasteiger partial charge on any atom is 0.264 e. The third-order valence-electron chi connectivity index (χ3n) is 3.12. The summed E-state index contributed by atoms with van der Waals surface area (Å²) in [5, 5.41) is 9.77. The van der Waals surface area contributed by atoms with Gasteiger partial charge in [0.2, 0.25) is 0 Å². The lowest BCUT2D eigenvalue weighted by atomic mass is 9.86. The first kappa shape index (κ1) is 10.2. The first-order valence-electron chi connectivity index (χ1n) is 5.58. The van der Waals surface area contributed by atoms with Gasteiger partial charge in [-0.2, -0.15) is 5.10 Å². The van der Waals surface area contributed by atoms with Gasteiger partial charge in [-0.3, -0.25) is 4.79 Å². The Morgan fingerprint density at radius 3 is 2.87 bits per heavy atom. The first-order chi connectivity index (χ1) is 7.25. The Morgan fingerprint density at radius 1 is 1.40 bits per heavy atom. The molecule has 2 N–H and O–H groups in total. The van der Waals surface area contributed by atoms with Gasteiger partial charge >= 0.3 is 0 Å². The molecule has 15 heavy (non-hydrogen) atoms. The van der Waals surface area contributed by atoms with E-state index in [0.717, 1.165) is 5.82 Å². The molecule has 1 fully saturated rings. The molecule has 0 saturated heterocycles. The fourth-order valence-corrected chi connectivity index (χ4v) is 2.15. The Morgan fingerprint density at radius 2 is 2.20 bits per heavy atom. The van der Waals surface area contributed by atoms with E-state index in [1.165, 1.54) is 31.7 Å². The minimum absolute atomic E-state index is 0.155. The number of H-pyrrole nitrogens is 1. The van der Waals surface area contributed by atoms with Crippen molar-refractivity contribution in [2.24, 2.45) is 5.92 Å². The standard InChI is InChI=1S/C11H17N3O/c1-8-4-2-3-5-9(8)12-10-6-7-11(15)14-13-10/h6-9H,2-5H2,1H3,(H,12,13)(H,14,15). The van der Waals surface area contributed by atoms with E-state index in [2.05, 4.69) is 22.4 Å². The quantitative estimate of drug-likeness (QED) is 0.777. The fourth-order valence-electron chi connectivity index (χ4n) is 2.15. The summed E-state index contributed by atoms with van der Waals surface area (Å²) in [7, 11) is 0. The molecule has 2 atom stereocenters. The van der Waals surface area contributed by atoms with Crippen LogP contribution in [0.2, 0.25) is 0 Å². The van der Waals surface area contributed by atoms with Crippen molar-refractivity contribution in [3.63, 3.8) is 0 Å². The Balaban J connectivity index is 2.01. The molecule has 0 aliphatic heterocycles. The van der Waals surface area contributed by atoms with E-state index >= 15 is 0 Å². The van der Waals surface area contributed by atoms with Crippen LogP contribution in [0.1, 0.15) is 32.6 Å². The molecule has 1 aromatic heterocycles. The second-order valence-corrected chi connectivity index (χ2v) is 4.32. The Hall–Kier alpha value is -1.32. The van der Waals surface area contributed by atoms with Crippen LogP contribution < -0.4 is 10.9 Å². The van der Waals surface area contributed by atoms with Gasteiger partial charge in [0.1, 0.15) is 5.82 Å². The topological polar surface area (TPSA) is 57.8 Å². The van der Waals surface area contributed by atoms with Crippen molar-refractivity contribution in [1.82, 2.24) is 10.2 Å². The molecule has 1 aliphatic carbocycles. The molecule has 4 heteroatoms. The van der Waals surface area contributed by atoms with E-state index in [0.29, 0.717) is 12.0 Å². The van der Waals surface area contributed by atoms with Crippen molar-refractivity contribution < 1.29 is 0 Å². The maximum absolute atomic E-state index is 10.8. The lowest BCUT2D eigenvalue weighted by molar-refractivity contribution is 0.349. The monoisotopic (exact) mass is 207 g/mol. The molecule has 1 aromatic rings. The summed E-state index contributed by atoms with van der Waals surface area (Å²) >= 11 is 0. The lowest BCUT2D eigenvalue weighted by Gasteiger charge is -2.29. The van der Waals surface area contributed by atoms with E-state index in [1.807, 2.05) is 0 Å². The number of aromatic nitrogens is 2. The van der Waals surface area contributed by atoms with E-state index in [-0.39, 0.29) is 5.56 Å². The van der Waals surface area contributed by atoms with Crippen LogP contribution in [-0.2, 0) is 0 Å². The average Bonchev–Trinajstić information content (AvgIpc) is 2.25. The molecule has 0 aromatic carbocycles. The highest BCUT2D eigenvalue weighted by atomic mass is 16.1. The van der Waals surface area contributed by atoms with Gasteiger partial charge in [-0.05, 0) is 24.8 Å².